The number of benzene rings is 4. The van der Waals surface area contributed by atoms with E-state index in [1.54, 1.807) is 0 Å². The van der Waals surface area contributed by atoms with Gasteiger partial charge in [0.25, 0.3) is 0 Å². The molecule has 4 aromatic carbocycles. The van der Waals surface area contributed by atoms with Gasteiger partial charge in [-0.05, 0) is 0 Å². The van der Waals surface area contributed by atoms with Crippen LogP contribution >= 0.6 is 17.0 Å². The summed E-state index contributed by atoms with van der Waals surface area (Å²) in [6.45, 7) is 6.90. The van der Waals surface area contributed by atoms with Crippen molar-refractivity contribution in [3.05, 3.63) is 107 Å². The average Bonchev–Trinajstić information content (AvgIpc) is 3.51. The number of hydrogen-bond acceptors (Lipinski definition) is 0. The molecule has 1 heterocycles. The molecule has 0 radical (unpaired) electrons. The van der Waals surface area contributed by atoms with E-state index >= 15 is 0 Å². The standard InChI is InChI=1S/C22H25.C12H9Si.2ClH.Zr/c1-4-9-17-14-19-12-13-20(16(3)5-2)22(21(19)15-17)18-10-7-6-8-11-18;1-3-7-11-9(5-1)10-6-2-4-8-12(10)13-11;;;/h6-8,10-16H,4-5,9H2,1-3H3;1-7H,13H2;2*1H;/q;;;;+2/p-2. The van der Waals surface area contributed by atoms with Crippen LogP contribution in [0.15, 0.2) is 90.5 Å². The van der Waals surface area contributed by atoms with E-state index in [0.29, 0.717) is 5.92 Å². The van der Waals surface area contributed by atoms with Crippen LogP contribution in [-0.2, 0) is 17.9 Å². The first kappa shape index (κ1) is 26.5. The van der Waals surface area contributed by atoms with E-state index < -0.39 is 27.4 Å². The van der Waals surface area contributed by atoms with E-state index in [-0.39, 0.29) is 3.63 Å². The van der Waals surface area contributed by atoms with Crippen LogP contribution in [0, 0.1) is 0 Å². The Morgan fingerprint density at radius 3 is 2.34 bits per heavy atom. The molecule has 1 aliphatic heterocycles. The first-order valence-electron chi connectivity index (χ1n) is 14.0. The third-order valence-electron chi connectivity index (χ3n) is 8.64. The quantitative estimate of drug-likeness (QED) is 0.160. The van der Waals surface area contributed by atoms with Gasteiger partial charge in [-0.1, -0.05) is 0 Å². The van der Waals surface area contributed by atoms with E-state index in [2.05, 4.69) is 112 Å². The zero-order valence-corrected chi connectivity index (χ0v) is 27.8. The van der Waals surface area contributed by atoms with Gasteiger partial charge >= 0.3 is 243 Å². The van der Waals surface area contributed by atoms with Crippen LogP contribution in [-0.4, -0.2) is 9.52 Å². The maximum absolute atomic E-state index is 7.84. The van der Waals surface area contributed by atoms with E-state index in [1.807, 2.05) is 0 Å². The Morgan fingerprint density at radius 1 is 0.842 bits per heavy atom. The molecular weight excluding hydrogens is 599 g/mol. The first-order valence-corrected chi connectivity index (χ1v) is 24.4. The van der Waals surface area contributed by atoms with E-state index in [1.165, 1.54) is 58.2 Å². The zero-order chi connectivity index (χ0) is 26.4. The van der Waals surface area contributed by atoms with Gasteiger partial charge in [0, 0.05) is 0 Å². The number of allylic oxidation sites excluding steroid dienone is 1. The molecule has 0 nitrogen and oxygen atoms in total. The fourth-order valence-electron chi connectivity index (χ4n) is 6.64. The van der Waals surface area contributed by atoms with E-state index in [9.17, 15) is 0 Å². The summed E-state index contributed by atoms with van der Waals surface area (Å²) < 4.78 is 1.45. The van der Waals surface area contributed by atoms with Crippen LogP contribution in [0.1, 0.15) is 66.3 Å². The molecule has 0 aromatic heterocycles. The van der Waals surface area contributed by atoms with Crippen LogP contribution in [0.4, 0.5) is 0 Å². The summed E-state index contributed by atoms with van der Waals surface area (Å²) in [4.78, 5) is 0. The minimum atomic E-state index is -3.94. The van der Waals surface area contributed by atoms with Gasteiger partial charge in [0.2, 0.25) is 0 Å². The first-order chi connectivity index (χ1) is 18.5. The van der Waals surface area contributed by atoms with Crippen LogP contribution < -0.4 is 13.6 Å². The zero-order valence-electron chi connectivity index (χ0n) is 22.4. The van der Waals surface area contributed by atoms with Crippen molar-refractivity contribution in [1.82, 2.24) is 0 Å². The second kappa shape index (κ2) is 10.7. The molecule has 4 heteroatoms. The maximum atomic E-state index is 7.84. The third-order valence-corrected chi connectivity index (χ3v) is 23.0. The second-order valence-electron chi connectivity index (χ2n) is 10.9. The average molecular weight is 633 g/mol. The van der Waals surface area contributed by atoms with Crippen molar-refractivity contribution in [1.29, 1.82) is 0 Å². The molecule has 1 aliphatic carbocycles. The molecular formula is C34H34Cl2SiZr. The summed E-state index contributed by atoms with van der Waals surface area (Å²) in [6, 6.07) is 31.3. The third kappa shape index (κ3) is 4.37. The summed E-state index contributed by atoms with van der Waals surface area (Å²) in [7, 11) is 15.1. The molecule has 38 heavy (non-hydrogen) atoms. The number of halogens is 2. The second-order valence-corrected chi connectivity index (χ2v) is 26.7. The Bertz CT molecular complexity index is 1540. The Kier molecular flexibility index (Phi) is 7.47. The molecule has 0 saturated carbocycles. The predicted octanol–water partition coefficient (Wildman–Crippen LogP) is 7.99. The van der Waals surface area contributed by atoms with Crippen molar-refractivity contribution in [3.63, 3.8) is 0 Å². The Balaban J connectivity index is 1.54. The van der Waals surface area contributed by atoms with Crippen molar-refractivity contribution >= 4 is 46.3 Å². The molecule has 4 aromatic rings. The summed E-state index contributed by atoms with van der Waals surface area (Å²) in [5, 5.41) is 3.02. The normalized spacial score (nSPS) is 17.2. The molecule has 0 N–H and O–H groups in total. The molecule has 0 amide bonds. The molecule has 2 aliphatic rings. The Hall–Kier alpha value is -1.70. The Morgan fingerprint density at radius 2 is 1.58 bits per heavy atom. The minimum absolute atomic E-state index is 0.139. The van der Waals surface area contributed by atoms with E-state index in [4.69, 9.17) is 17.0 Å². The van der Waals surface area contributed by atoms with Gasteiger partial charge in [0.05, 0.1) is 0 Å². The van der Waals surface area contributed by atoms with Crippen molar-refractivity contribution in [2.45, 2.75) is 49.6 Å². The summed E-state index contributed by atoms with van der Waals surface area (Å²) in [5.74, 6) is 0.486. The predicted molar refractivity (Wildman–Crippen MR) is 167 cm³/mol. The summed E-state index contributed by atoms with van der Waals surface area (Å²) in [5.41, 5.74) is 11.0. The fraction of sp³-hybridized carbons (Fsp3) is 0.235. The Labute approximate surface area is 241 Å². The van der Waals surface area contributed by atoms with Crippen LogP contribution in [0.5, 0.6) is 0 Å². The molecule has 2 atom stereocenters. The fourth-order valence-corrected chi connectivity index (χ4v) is 23.5. The van der Waals surface area contributed by atoms with Crippen LogP contribution in [0.3, 0.4) is 0 Å². The van der Waals surface area contributed by atoms with Crippen molar-refractivity contribution < 1.29 is 17.9 Å². The van der Waals surface area contributed by atoms with Gasteiger partial charge in [-0.3, -0.25) is 0 Å². The van der Waals surface area contributed by atoms with Crippen molar-refractivity contribution in [2.24, 2.45) is 0 Å². The summed E-state index contributed by atoms with van der Waals surface area (Å²) >= 11 is -3.94. The molecule has 2 unspecified atom stereocenters. The van der Waals surface area contributed by atoms with Gasteiger partial charge in [-0.15, -0.1) is 0 Å². The number of rotatable bonds is 7. The van der Waals surface area contributed by atoms with Crippen molar-refractivity contribution in [2.75, 3.05) is 0 Å². The molecule has 0 saturated heterocycles. The van der Waals surface area contributed by atoms with Crippen LogP contribution in [0.25, 0.3) is 28.3 Å². The van der Waals surface area contributed by atoms with Crippen LogP contribution in [0.2, 0.25) is 0 Å². The number of fused-ring (bicyclic) bond motifs is 4. The SMILES string of the molecule is CCCC1=Cc2c(ccc(C(C)CC)c2-c2ccccc2)[CH]1[Zr]([Cl])([Cl])[c]1cccc2c1[SiH2]c1ccccc1-2. The monoisotopic (exact) mass is 630 g/mol. The van der Waals surface area contributed by atoms with Gasteiger partial charge in [0.1, 0.15) is 0 Å². The molecule has 0 bridgehead atoms. The topological polar surface area (TPSA) is 0 Å². The number of hydrogen-bond donors (Lipinski definition) is 0. The van der Waals surface area contributed by atoms with Gasteiger partial charge in [0.15, 0.2) is 0 Å². The molecule has 0 spiro atoms. The van der Waals surface area contributed by atoms with Gasteiger partial charge in [-0.2, -0.15) is 0 Å². The van der Waals surface area contributed by atoms with E-state index in [0.717, 1.165) is 19.3 Å². The molecule has 0 fully saturated rings. The van der Waals surface area contributed by atoms with Gasteiger partial charge in [-0.25, -0.2) is 0 Å². The summed E-state index contributed by atoms with van der Waals surface area (Å²) in [6.07, 6.45) is 5.72. The molecule has 192 valence electrons. The van der Waals surface area contributed by atoms with Crippen molar-refractivity contribution in [3.8, 4) is 22.3 Å². The molecule has 6 rings (SSSR count). The van der Waals surface area contributed by atoms with Gasteiger partial charge < -0.3 is 0 Å².